The molecule has 0 bridgehead atoms. The van der Waals surface area contributed by atoms with Gasteiger partial charge in [0, 0.05) is 30.9 Å². The van der Waals surface area contributed by atoms with Crippen LogP contribution in [0.1, 0.15) is 18.1 Å². The Morgan fingerprint density at radius 3 is 2.74 bits per heavy atom. The number of carbonyl (C=O) groups is 1. The quantitative estimate of drug-likeness (QED) is 0.461. The van der Waals surface area contributed by atoms with Crippen molar-refractivity contribution in [1.29, 1.82) is 5.26 Å². The van der Waals surface area contributed by atoms with Crippen molar-refractivity contribution in [1.82, 2.24) is 9.88 Å². The number of amidine groups is 1. The molecule has 9 heteroatoms. The number of para-hydroxylation sites is 1. The zero-order valence-corrected chi connectivity index (χ0v) is 20.9. The first-order valence-electron chi connectivity index (χ1n) is 11.1. The van der Waals surface area contributed by atoms with Crippen molar-refractivity contribution in [2.75, 3.05) is 23.8 Å². The average Bonchev–Trinajstić information content (AvgIpc) is 3.37. The number of aliphatic imine (C=N–C) groups is 1. The second-order valence-electron chi connectivity index (χ2n) is 7.89. The predicted molar refractivity (Wildman–Crippen MR) is 143 cm³/mol. The molecule has 2 aliphatic rings. The van der Waals surface area contributed by atoms with Crippen LogP contribution in [0.4, 0.5) is 17.1 Å². The lowest BCUT2D eigenvalue weighted by Crippen LogP contribution is -2.29. The fourth-order valence-corrected chi connectivity index (χ4v) is 6.21. The third-order valence-corrected chi connectivity index (χ3v) is 8.00. The SMILES string of the molecule is CCNc1ccc(C#N)cc1N=C1S/C(=C2\Sc3ccccc3N2C)C(=O)N1Cc1cccnc1. The molecule has 0 saturated carbocycles. The molecule has 0 atom stereocenters. The molecule has 0 radical (unpaired) electrons. The van der Waals surface area contributed by atoms with Gasteiger partial charge >= 0.3 is 0 Å². The fourth-order valence-electron chi connectivity index (χ4n) is 3.87. The van der Waals surface area contributed by atoms with Gasteiger partial charge in [0.25, 0.3) is 5.91 Å². The third-order valence-electron chi connectivity index (χ3n) is 5.57. The number of nitrogens with one attached hydrogen (secondary N) is 1. The van der Waals surface area contributed by atoms with Gasteiger partial charge in [-0.25, -0.2) is 4.99 Å². The maximum Gasteiger partial charge on any atom is 0.269 e. The van der Waals surface area contributed by atoms with Crippen LogP contribution in [-0.2, 0) is 11.3 Å². The van der Waals surface area contributed by atoms with Gasteiger partial charge in [-0.15, -0.1) is 0 Å². The van der Waals surface area contributed by atoms with E-state index in [-0.39, 0.29) is 5.91 Å². The topological polar surface area (TPSA) is 84.6 Å². The number of amides is 1. The number of pyridine rings is 1. The Labute approximate surface area is 212 Å². The molecule has 1 N–H and O–H groups in total. The van der Waals surface area contributed by atoms with Crippen molar-refractivity contribution < 1.29 is 4.79 Å². The van der Waals surface area contributed by atoms with Gasteiger partial charge in [0.2, 0.25) is 0 Å². The van der Waals surface area contributed by atoms with Gasteiger partial charge in [-0.05, 0) is 60.6 Å². The first-order chi connectivity index (χ1) is 17.1. The Morgan fingerprint density at radius 2 is 2.00 bits per heavy atom. The van der Waals surface area contributed by atoms with Crippen LogP contribution in [0.3, 0.4) is 0 Å². The molecule has 0 spiro atoms. The second-order valence-corrected chi connectivity index (χ2v) is 9.89. The van der Waals surface area contributed by atoms with E-state index >= 15 is 0 Å². The lowest BCUT2D eigenvalue weighted by molar-refractivity contribution is -0.122. The van der Waals surface area contributed by atoms with Gasteiger partial charge in [-0.3, -0.25) is 14.7 Å². The molecule has 7 nitrogen and oxygen atoms in total. The summed E-state index contributed by atoms with van der Waals surface area (Å²) in [7, 11) is 1.98. The molecule has 1 fully saturated rings. The lowest BCUT2D eigenvalue weighted by Gasteiger charge is -2.17. The number of aromatic nitrogens is 1. The molecule has 174 valence electrons. The first kappa shape index (κ1) is 23.0. The number of rotatable bonds is 5. The standard InChI is InChI=1S/C26H22N6OS2/c1-3-29-19-11-10-17(14-27)13-20(19)30-26-32(16-18-7-6-12-28-15-18)24(33)23(35-26)25-31(2)21-8-4-5-9-22(21)34-25/h4-13,15,29H,3,16H2,1-2H3/b25-23-,30-26?. The zero-order chi connectivity index (χ0) is 24.4. The molecule has 1 saturated heterocycles. The van der Waals surface area contributed by atoms with E-state index < -0.39 is 0 Å². The third kappa shape index (κ3) is 4.50. The van der Waals surface area contributed by atoms with Gasteiger partial charge in [-0.2, -0.15) is 5.26 Å². The highest BCUT2D eigenvalue weighted by molar-refractivity contribution is 8.19. The Kier molecular flexibility index (Phi) is 6.49. The van der Waals surface area contributed by atoms with Gasteiger partial charge < -0.3 is 10.2 Å². The number of carbonyl (C=O) groups excluding carboxylic acids is 1. The van der Waals surface area contributed by atoms with E-state index in [2.05, 4.69) is 33.4 Å². The highest BCUT2D eigenvalue weighted by Gasteiger charge is 2.39. The molecule has 1 aromatic heterocycles. The second kappa shape index (κ2) is 9.86. The smallest absolute Gasteiger partial charge is 0.269 e. The molecule has 5 rings (SSSR count). The predicted octanol–water partition coefficient (Wildman–Crippen LogP) is 5.56. The molecule has 3 aromatic rings. The van der Waals surface area contributed by atoms with Gasteiger partial charge in [0.1, 0.15) is 4.91 Å². The zero-order valence-electron chi connectivity index (χ0n) is 19.2. The molecule has 1 amide bonds. The van der Waals surface area contributed by atoms with Crippen molar-refractivity contribution in [2.24, 2.45) is 4.99 Å². The summed E-state index contributed by atoms with van der Waals surface area (Å²) in [6, 6.07) is 19.5. The number of hydrogen-bond donors (Lipinski definition) is 1. The summed E-state index contributed by atoms with van der Waals surface area (Å²) in [6.45, 7) is 3.07. The maximum atomic E-state index is 13.8. The van der Waals surface area contributed by atoms with Crippen molar-refractivity contribution in [3.8, 4) is 6.07 Å². The van der Waals surface area contributed by atoms with Crippen LogP contribution in [0.2, 0.25) is 0 Å². The number of benzene rings is 2. The van der Waals surface area contributed by atoms with Gasteiger partial charge in [0.05, 0.1) is 40.3 Å². The molecule has 0 unspecified atom stereocenters. The summed E-state index contributed by atoms with van der Waals surface area (Å²) in [5, 5.41) is 14.2. The number of thioether (sulfide) groups is 2. The van der Waals surface area contributed by atoms with Crippen molar-refractivity contribution in [2.45, 2.75) is 18.4 Å². The van der Waals surface area contributed by atoms with Crippen LogP contribution in [0.15, 0.2) is 86.8 Å². The number of fused-ring (bicyclic) bond motifs is 1. The average molecular weight is 499 g/mol. The minimum atomic E-state index is -0.0961. The number of nitrogens with zero attached hydrogens (tertiary/aromatic N) is 5. The largest absolute Gasteiger partial charge is 0.384 e. The minimum absolute atomic E-state index is 0.0961. The van der Waals surface area contributed by atoms with Crippen LogP contribution < -0.4 is 10.2 Å². The lowest BCUT2D eigenvalue weighted by atomic mass is 10.2. The van der Waals surface area contributed by atoms with Crippen molar-refractivity contribution in [3.63, 3.8) is 0 Å². The maximum absolute atomic E-state index is 13.8. The Hall–Kier alpha value is -3.74. The van der Waals surface area contributed by atoms with Crippen LogP contribution in [0.25, 0.3) is 0 Å². The molecule has 2 aliphatic heterocycles. The van der Waals surface area contributed by atoms with Crippen molar-refractivity contribution in [3.05, 3.63) is 88.1 Å². The Morgan fingerprint density at radius 1 is 1.14 bits per heavy atom. The summed E-state index contributed by atoms with van der Waals surface area (Å²) in [4.78, 5) is 28.4. The summed E-state index contributed by atoms with van der Waals surface area (Å²) in [5.74, 6) is -0.0961. The highest BCUT2D eigenvalue weighted by atomic mass is 32.2. The summed E-state index contributed by atoms with van der Waals surface area (Å²) in [5.41, 5.74) is 3.94. The summed E-state index contributed by atoms with van der Waals surface area (Å²) < 4.78 is 0. The van der Waals surface area contributed by atoms with Crippen LogP contribution in [0, 0.1) is 11.3 Å². The monoisotopic (exact) mass is 498 g/mol. The van der Waals surface area contributed by atoms with E-state index in [9.17, 15) is 10.1 Å². The summed E-state index contributed by atoms with van der Waals surface area (Å²) in [6.07, 6.45) is 3.47. The number of nitriles is 1. The highest BCUT2D eigenvalue weighted by Crippen LogP contribution is 2.50. The van der Waals surface area contributed by atoms with Crippen LogP contribution in [-0.4, -0.2) is 34.6 Å². The van der Waals surface area contributed by atoms with Crippen molar-refractivity contribution >= 4 is 51.7 Å². The van der Waals surface area contributed by atoms with E-state index in [1.807, 2.05) is 44.3 Å². The van der Waals surface area contributed by atoms with E-state index in [4.69, 9.17) is 4.99 Å². The minimum Gasteiger partial charge on any atom is -0.384 e. The molecule has 35 heavy (non-hydrogen) atoms. The molecule has 3 heterocycles. The molecule has 0 aliphatic carbocycles. The fraction of sp³-hybridized carbons (Fsp3) is 0.154. The first-order valence-corrected chi connectivity index (χ1v) is 12.7. The van der Waals surface area contributed by atoms with E-state index in [1.54, 1.807) is 41.2 Å². The Bertz CT molecular complexity index is 1400. The van der Waals surface area contributed by atoms with Crippen LogP contribution in [0.5, 0.6) is 0 Å². The number of hydrogen-bond acceptors (Lipinski definition) is 8. The number of anilines is 2. The van der Waals surface area contributed by atoms with E-state index in [0.29, 0.717) is 34.4 Å². The summed E-state index contributed by atoms with van der Waals surface area (Å²) >= 11 is 2.96. The normalized spacial score (nSPS) is 18.2. The van der Waals surface area contributed by atoms with Crippen LogP contribution >= 0.6 is 23.5 Å². The molecular weight excluding hydrogens is 476 g/mol. The molecule has 2 aromatic carbocycles. The Balaban J connectivity index is 1.59. The van der Waals surface area contributed by atoms with E-state index in [1.165, 1.54) is 11.8 Å². The van der Waals surface area contributed by atoms with Gasteiger partial charge in [-0.1, -0.05) is 30.0 Å². The molecular formula is C26H22N6OS2. The van der Waals surface area contributed by atoms with Gasteiger partial charge in [0.15, 0.2) is 5.17 Å². The van der Waals surface area contributed by atoms with E-state index in [0.717, 1.165) is 26.9 Å².